The van der Waals surface area contributed by atoms with Crippen molar-refractivity contribution < 1.29 is 13.6 Å². The molecule has 3 nitrogen and oxygen atoms in total. The molecule has 110 valence electrons. The van der Waals surface area contributed by atoms with E-state index in [2.05, 4.69) is 5.32 Å². The Morgan fingerprint density at radius 1 is 1.23 bits per heavy atom. The molecule has 0 bridgehead atoms. The molecule has 0 saturated heterocycles. The second-order valence-electron chi connectivity index (χ2n) is 4.66. The minimum atomic E-state index is -0.902. The Hall–Kier alpha value is -3.00. The third kappa shape index (κ3) is 3.76. The molecule has 5 heteroatoms. The molecule has 0 saturated carbocycles. The van der Waals surface area contributed by atoms with Crippen LogP contribution in [0.15, 0.2) is 48.0 Å². The summed E-state index contributed by atoms with van der Waals surface area (Å²) >= 11 is 0. The third-order valence-electron chi connectivity index (χ3n) is 2.90. The number of amides is 1. The number of nitrogens with one attached hydrogen (secondary N) is 1. The Labute approximate surface area is 126 Å². The summed E-state index contributed by atoms with van der Waals surface area (Å²) in [7, 11) is 0. The molecule has 0 aliphatic rings. The normalized spacial score (nSPS) is 10.9. The molecule has 2 rings (SSSR count). The lowest BCUT2D eigenvalue weighted by Crippen LogP contribution is -2.14. The highest BCUT2D eigenvalue weighted by molar-refractivity contribution is 6.09. The molecule has 2 aromatic carbocycles. The number of rotatable bonds is 3. The summed E-state index contributed by atoms with van der Waals surface area (Å²) in [4.78, 5) is 12.0. The van der Waals surface area contributed by atoms with Crippen molar-refractivity contribution in [3.63, 3.8) is 0 Å². The van der Waals surface area contributed by atoms with Gasteiger partial charge in [0, 0.05) is 6.07 Å². The number of anilines is 1. The van der Waals surface area contributed by atoms with Gasteiger partial charge in [-0.15, -0.1) is 0 Å². The molecule has 22 heavy (non-hydrogen) atoms. The van der Waals surface area contributed by atoms with E-state index in [0.29, 0.717) is 11.6 Å². The molecule has 0 radical (unpaired) electrons. The largest absolute Gasteiger partial charge is 0.319 e. The highest BCUT2D eigenvalue weighted by Crippen LogP contribution is 2.16. The van der Waals surface area contributed by atoms with Gasteiger partial charge in [0.2, 0.25) is 0 Å². The van der Waals surface area contributed by atoms with Gasteiger partial charge in [0.1, 0.15) is 23.3 Å². The van der Waals surface area contributed by atoms with Gasteiger partial charge in [0.05, 0.1) is 5.69 Å². The van der Waals surface area contributed by atoms with Crippen molar-refractivity contribution in [1.82, 2.24) is 0 Å². The van der Waals surface area contributed by atoms with Crippen LogP contribution in [0, 0.1) is 29.9 Å². The smallest absolute Gasteiger partial charge is 0.266 e. The number of aryl methyl sites for hydroxylation is 1. The average Bonchev–Trinajstić information content (AvgIpc) is 2.47. The summed E-state index contributed by atoms with van der Waals surface area (Å²) < 4.78 is 26.3. The second kappa shape index (κ2) is 6.64. The van der Waals surface area contributed by atoms with Gasteiger partial charge >= 0.3 is 0 Å². The third-order valence-corrected chi connectivity index (χ3v) is 2.90. The lowest BCUT2D eigenvalue weighted by molar-refractivity contribution is -0.112. The summed E-state index contributed by atoms with van der Waals surface area (Å²) in [5.74, 6) is -2.40. The molecule has 0 unspecified atom stereocenters. The van der Waals surface area contributed by atoms with Crippen LogP contribution in [0.25, 0.3) is 6.08 Å². The van der Waals surface area contributed by atoms with E-state index in [9.17, 15) is 13.6 Å². The Balaban J connectivity index is 2.24. The van der Waals surface area contributed by atoms with Gasteiger partial charge in [-0.05, 0) is 30.7 Å². The summed E-state index contributed by atoms with van der Waals surface area (Å²) in [6.45, 7) is 1.89. The molecule has 1 amide bonds. The van der Waals surface area contributed by atoms with E-state index < -0.39 is 17.5 Å². The zero-order valence-electron chi connectivity index (χ0n) is 11.7. The summed E-state index contributed by atoms with van der Waals surface area (Å²) in [6, 6.07) is 11.8. The van der Waals surface area contributed by atoms with Crippen LogP contribution in [-0.2, 0) is 4.79 Å². The predicted molar refractivity (Wildman–Crippen MR) is 79.8 cm³/mol. The minimum Gasteiger partial charge on any atom is -0.319 e. The molecule has 2 aromatic rings. The number of halogens is 2. The van der Waals surface area contributed by atoms with E-state index in [1.807, 2.05) is 19.1 Å². The number of hydrogen-bond donors (Lipinski definition) is 1. The molecule has 0 atom stereocenters. The van der Waals surface area contributed by atoms with Crippen LogP contribution in [0.3, 0.4) is 0 Å². The minimum absolute atomic E-state index is 0.172. The van der Waals surface area contributed by atoms with Gasteiger partial charge in [-0.25, -0.2) is 8.78 Å². The monoisotopic (exact) mass is 298 g/mol. The molecule has 0 aliphatic heterocycles. The van der Waals surface area contributed by atoms with E-state index in [-0.39, 0.29) is 11.3 Å². The van der Waals surface area contributed by atoms with Gasteiger partial charge in [0.25, 0.3) is 5.91 Å². The molecule has 0 heterocycles. The highest BCUT2D eigenvalue weighted by atomic mass is 19.1. The first-order valence-electron chi connectivity index (χ1n) is 6.44. The zero-order valence-corrected chi connectivity index (χ0v) is 11.7. The first kappa shape index (κ1) is 15.4. The van der Waals surface area contributed by atoms with Crippen LogP contribution >= 0.6 is 0 Å². The maximum Gasteiger partial charge on any atom is 0.266 e. The fraction of sp³-hybridized carbons (Fsp3) is 0.0588. The van der Waals surface area contributed by atoms with E-state index in [1.54, 1.807) is 18.2 Å². The zero-order chi connectivity index (χ0) is 16.1. The van der Waals surface area contributed by atoms with Crippen molar-refractivity contribution in [3.8, 4) is 6.07 Å². The number of hydrogen-bond acceptors (Lipinski definition) is 2. The Bertz CT molecular complexity index is 791. The first-order valence-corrected chi connectivity index (χ1v) is 6.44. The van der Waals surface area contributed by atoms with Crippen LogP contribution in [0.5, 0.6) is 0 Å². The summed E-state index contributed by atoms with van der Waals surface area (Å²) in [5.41, 5.74) is 1.31. The molecule has 0 aromatic heterocycles. The van der Waals surface area contributed by atoms with Gasteiger partial charge in [0.15, 0.2) is 0 Å². The lowest BCUT2D eigenvalue weighted by atomic mass is 10.1. The predicted octanol–water partition coefficient (Wildman–Crippen LogP) is 3.82. The molecule has 0 spiro atoms. The maximum absolute atomic E-state index is 13.5. The quantitative estimate of drug-likeness (QED) is 0.692. The average molecular weight is 298 g/mol. The Kier molecular flexibility index (Phi) is 4.64. The van der Waals surface area contributed by atoms with Crippen LogP contribution in [0.1, 0.15) is 11.1 Å². The van der Waals surface area contributed by atoms with E-state index in [4.69, 9.17) is 5.26 Å². The van der Waals surface area contributed by atoms with Gasteiger partial charge < -0.3 is 5.32 Å². The van der Waals surface area contributed by atoms with Crippen LogP contribution in [0.2, 0.25) is 0 Å². The standard InChI is InChI=1S/C17H12F2N2O/c1-11-3-2-4-12(7-11)8-13(10-20)17(22)21-16-6-5-14(18)9-15(16)19/h2-9H,1H3,(H,21,22)/b13-8+. The molecular formula is C17H12F2N2O. The SMILES string of the molecule is Cc1cccc(/C=C(\C#N)C(=O)Nc2ccc(F)cc2F)c1. The Morgan fingerprint density at radius 2 is 2.00 bits per heavy atom. The molecule has 0 fully saturated rings. The number of nitrogens with zero attached hydrogens (tertiary/aromatic N) is 1. The second-order valence-corrected chi connectivity index (χ2v) is 4.66. The van der Waals surface area contributed by atoms with Crippen LogP contribution in [-0.4, -0.2) is 5.91 Å². The summed E-state index contributed by atoms with van der Waals surface area (Å²) in [5, 5.41) is 11.3. The number of carbonyl (C=O) groups is 1. The van der Waals surface area contributed by atoms with Crippen molar-refractivity contribution in [2.45, 2.75) is 6.92 Å². The molecule has 0 aliphatic carbocycles. The topological polar surface area (TPSA) is 52.9 Å². The number of carbonyl (C=O) groups excluding carboxylic acids is 1. The van der Waals surface area contributed by atoms with Crippen LogP contribution in [0.4, 0.5) is 14.5 Å². The van der Waals surface area contributed by atoms with Gasteiger partial charge in [-0.1, -0.05) is 29.8 Å². The number of benzene rings is 2. The van der Waals surface area contributed by atoms with Gasteiger partial charge in [-0.3, -0.25) is 4.79 Å². The van der Waals surface area contributed by atoms with Crippen molar-refractivity contribution in [2.24, 2.45) is 0 Å². The fourth-order valence-corrected chi connectivity index (χ4v) is 1.86. The number of nitriles is 1. The molecule has 1 N–H and O–H groups in total. The first-order chi connectivity index (χ1) is 10.5. The fourth-order valence-electron chi connectivity index (χ4n) is 1.86. The Morgan fingerprint density at radius 3 is 2.64 bits per heavy atom. The lowest BCUT2D eigenvalue weighted by Gasteiger charge is -2.05. The van der Waals surface area contributed by atoms with Crippen molar-refractivity contribution in [2.75, 3.05) is 5.32 Å². The van der Waals surface area contributed by atoms with Crippen molar-refractivity contribution in [3.05, 3.63) is 70.8 Å². The van der Waals surface area contributed by atoms with Crippen molar-refractivity contribution >= 4 is 17.7 Å². The van der Waals surface area contributed by atoms with E-state index >= 15 is 0 Å². The maximum atomic E-state index is 13.5. The van der Waals surface area contributed by atoms with Gasteiger partial charge in [-0.2, -0.15) is 5.26 Å². The highest BCUT2D eigenvalue weighted by Gasteiger charge is 2.12. The van der Waals surface area contributed by atoms with Crippen molar-refractivity contribution in [1.29, 1.82) is 5.26 Å². The molecular weight excluding hydrogens is 286 g/mol. The van der Waals surface area contributed by atoms with E-state index in [1.165, 1.54) is 6.08 Å². The summed E-state index contributed by atoms with van der Waals surface area (Å²) in [6.07, 6.45) is 1.41. The van der Waals surface area contributed by atoms with Crippen LogP contribution < -0.4 is 5.32 Å². The van der Waals surface area contributed by atoms with E-state index in [0.717, 1.165) is 17.7 Å².